The quantitative estimate of drug-likeness (QED) is 0.766. The molecule has 3 N–H and O–H groups in total. The molecule has 1 aliphatic rings. The number of hydrogen-bond acceptors (Lipinski definition) is 5. The lowest BCUT2D eigenvalue weighted by atomic mass is 10.3. The largest absolute Gasteiger partial charge is 0.284 e. The highest BCUT2D eigenvalue weighted by Crippen LogP contribution is 2.21. The first kappa shape index (κ1) is 15.4. The van der Waals surface area contributed by atoms with Crippen molar-refractivity contribution in [2.45, 2.75) is 41.6 Å². The summed E-state index contributed by atoms with van der Waals surface area (Å²) in [6, 6.07) is 4.81. The molecule has 9 heteroatoms. The lowest BCUT2D eigenvalue weighted by molar-refractivity contribution is 0.0223. The first-order chi connectivity index (χ1) is 9.29. The van der Waals surface area contributed by atoms with Crippen LogP contribution in [0.5, 0.6) is 0 Å². The van der Waals surface area contributed by atoms with Crippen LogP contribution in [0.3, 0.4) is 0 Å². The first-order valence-corrected chi connectivity index (χ1v) is 9.12. The maximum atomic E-state index is 12.0. The number of rotatable bonds is 5. The van der Waals surface area contributed by atoms with E-state index in [1.807, 2.05) is 4.89 Å². The van der Waals surface area contributed by atoms with Crippen molar-refractivity contribution < 1.29 is 21.7 Å². The molecule has 0 bridgehead atoms. The number of benzene rings is 1. The van der Waals surface area contributed by atoms with Crippen LogP contribution in [0.1, 0.15) is 25.7 Å². The molecule has 0 atom stereocenters. The number of hydrogen-bond donors (Lipinski definition) is 2. The molecule has 0 radical (unpaired) electrons. The van der Waals surface area contributed by atoms with Gasteiger partial charge >= 0.3 is 0 Å². The summed E-state index contributed by atoms with van der Waals surface area (Å²) >= 11 is 0. The Labute approximate surface area is 118 Å². The highest BCUT2D eigenvalue weighted by atomic mass is 32.2. The minimum Gasteiger partial charge on any atom is -0.284 e. The van der Waals surface area contributed by atoms with Crippen LogP contribution in [0.2, 0.25) is 0 Å². The summed E-state index contributed by atoms with van der Waals surface area (Å²) in [5.74, 6) is 0. The molecule has 0 unspecified atom stereocenters. The van der Waals surface area contributed by atoms with E-state index in [9.17, 15) is 16.8 Å². The van der Waals surface area contributed by atoms with Gasteiger partial charge in [-0.05, 0) is 31.0 Å². The van der Waals surface area contributed by atoms with Crippen molar-refractivity contribution >= 4 is 20.0 Å². The van der Waals surface area contributed by atoms with Crippen molar-refractivity contribution in [1.29, 1.82) is 0 Å². The summed E-state index contributed by atoms with van der Waals surface area (Å²) in [6.07, 6.45) is 3.49. The molecular weight excluding hydrogens is 304 g/mol. The van der Waals surface area contributed by atoms with Crippen LogP contribution < -0.4 is 10.0 Å². The second kappa shape index (κ2) is 5.78. The fraction of sp³-hybridized carbons (Fsp3) is 0.455. The zero-order valence-electron chi connectivity index (χ0n) is 10.7. The fourth-order valence-electron chi connectivity index (χ4n) is 2.00. The van der Waals surface area contributed by atoms with Gasteiger partial charge < -0.3 is 0 Å². The lowest BCUT2D eigenvalue weighted by Crippen LogP contribution is -2.28. The van der Waals surface area contributed by atoms with Crippen LogP contribution >= 0.6 is 0 Å². The number of sulfonamides is 2. The Bertz CT molecular complexity index is 679. The minimum atomic E-state index is -3.95. The average Bonchev–Trinajstić information content (AvgIpc) is 2.89. The summed E-state index contributed by atoms with van der Waals surface area (Å²) in [5, 5.41) is 4.97. The van der Waals surface area contributed by atoms with Crippen LogP contribution in [0, 0.1) is 0 Å². The molecular formula is C11H16N2O5S2. The Morgan fingerprint density at radius 3 is 2.30 bits per heavy atom. The van der Waals surface area contributed by atoms with Gasteiger partial charge in [-0.2, -0.15) is 0 Å². The molecule has 0 heterocycles. The molecule has 1 aromatic carbocycles. The monoisotopic (exact) mass is 320 g/mol. The van der Waals surface area contributed by atoms with E-state index >= 15 is 0 Å². The van der Waals surface area contributed by atoms with Crippen LogP contribution in [0.4, 0.5) is 0 Å². The molecule has 112 valence electrons. The smallest absolute Gasteiger partial charge is 0.262 e. The van der Waals surface area contributed by atoms with Crippen LogP contribution in [0.15, 0.2) is 34.1 Å². The molecule has 0 spiro atoms. The minimum absolute atomic E-state index is 0.133. The van der Waals surface area contributed by atoms with Crippen LogP contribution in [-0.4, -0.2) is 22.9 Å². The predicted octanol–water partition coefficient (Wildman–Crippen LogP) is 0.486. The summed E-state index contributed by atoms with van der Waals surface area (Å²) in [7, 11) is -7.87. The van der Waals surface area contributed by atoms with Crippen molar-refractivity contribution in [2.24, 2.45) is 5.14 Å². The molecule has 1 saturated carbocycles. The molecule has 20 heavy (non-hydrogen) atoms. The fourth-order valence-corrected chi connectivity index (χ4v) is 3.54. The van der Waals surface area contributed by atoms with E-state index in [0.29, 0.717) is 0 Å². The zero-order chi connectivity index (χ0) is 14.8. The maximum absolute atomic E-state index is 12.0. The molecule has 0 aliphatic heterocycles. The highest BCUT2D eigenvalue weighted by Gasteiger charge is 2.21. The molecule has 1 aromatic rings. The van der Waals surface area contributed by atoms with Crippen molar-refractivity contribution in [3.63, 3.8) is 0 Å². The third-order valence-electron chi connectivity index (χ3n) is 3.07. The first-order valence-electron chi connectivity index (χ1n) is 6.09. The third-order valence-corrected chi connectivity index (χ3v) is 5.17. The molecule has 1 aliphatic carbocycles. The van der Waals surface area contributed by atoms with Gasteiger partial charge in [0.15, 0.2) is 0 Å². The molecule has 0 amide bonds. The number of nitrogens with one attached hydrogen (secondary N) is 1. The second-order valence-electron chi connectivity index (χ2n) is 4.63. The Balaban J connectivity index is 2.16. The topological polar surface area (TPSA) is 116 Å². The van der Waals surface area contributed by atoms with Gasteiger partial charge in [-0.3, -0.25) is 4.84 Å². The van der Waals surface area contributed by atoms with E-state index in [2.05, 4.69) is 0 Å². The summed E-state index contributed by atoms with van der Waals surface area (Å²) < 4.78 is 46.4. The van der Waals surface area contributed by atoms with E-state index in [1.54, 1.807) is 0 Å². The highest BCUT2D eigenvalue weighted by molar-refractivity contribution is 7.90. The standard InChI is InChI=1S/C11H16N2O5S2/c12-19(14,15)10-6-3-7-11(8-10)20(16,17)13-18-9-4-1-2-5-9/h3,6-9,13H,1-2,4-5H2,(H2,12,14,15). The molecule has 0 aromatic heterocycles. The van der Waals surface area contributed by atoms with Gasteiger partial charge in [0, 0.05) is 0 Å². The average molecular weight is 320 g/mol. The lowest BCUT2D eigenvalue weighted by Gasteiger charge is -2.12. The van der Waals surface area contributed by atoms with Crippen molar-refractivity contribution in [2.75, 3.05) is 0 Å². The summed E-state index contributed by atoms with van der Waals surface area (Å²) in [4.78, 5) is 6.69. The van der Waals surface area contributed by atoms with E-state index in [-0.39, 0.29) is 15.9 Å². The van der Waals surface area contributed by atoms with Crippen molar-refractivity contribution in [3.8, 4) is 0 Å². The third kappa shape index (κ3) is 3.76. The van der Waals surface area contributed by atoms with Gasteiger partial charge in [0.1, 0.15) is 0 Å². The van der Waals surface area contributed by atoms with Gasteiger partial charge in [-0.1, -0.05) is 23.8 Å². The van der Waals surface area contributed by atoms with Gasteiger partial charge in [0.05, 0.1) is 15.9 Å². The Morgan fingerprint density at radius 2 is 1.70 bits per heavy atom. The number of primary sulfonamides is 1. The van der Waals surface area contributed by atoms with Gasteiger partial charge in [0.25, 0.3) is 10.0 Å². The van der Waals surface area contributed by atoms with Crippen molar-refractivity contribution in [3.05, 3.63) is 24.3 Å². The molecule has 7 nitrogen and oxygen atoms in total. The van der Waals surface area contributed by atoms with E-state index in [1.165, 1.54) is 18.2 Å². The van der Waals surface area contributed by atoms with E-state index in [0.717, 1.165) is 31.7 Å². The molecule has 0 saturated heterocycles. The summed E-state index contributed by atoms with van der Waals surface area (Å²) in [5.41, 5.74) is 0. The maximum Gasteiger partial charge on any atom is 0.262 e. The van der Waals surface area contributed by atoms with Crippen LogP contribution in [0.25, 0.3) is 0 Å². The second-order valence-corrected chi connectivity index (χ2v) is 7.84. The summed E-state index contributed by atoms with van der Waals surface area (Å²) in [6.45, 7) is 0. The number of nitrogens with two attached hydrogens (primary N) is 1. The normalized spacial score (nSPS) is 17.4. The Hall–Kier alpha value is -1.00. The van der Waals surface area contributed by atoms with Gasteiger partial charge in [-0.25, -0.2) is 22.0 Å². The van der Waals surface area contributed by atoms with E-state index < -0.39 is 20.0 Å². The van der Waals surface area contributed by atoms with Crippen LogP contribution in [-0.2, 0) is 24.9 Å². The SMILES string of the molecule is NS(=O)(=O)c1cccc(S(=O)(=O)NOC2CCCC2)c1. The Kier molecular flexibility index (Phi) is 4.45. The molecule has 1 fully saturated rings. The van der Waals surface area contributed by atoms with E-state index in [4.69, 9.17) is 9.98 Å². The predicted molar refractivity (Wildman–Crippen MR) is 71.5 cm³/mol. The Morgan fingerprint density at radius 1 is 1.10 bits per heavy atom. The van der Waals surface area contributed by atoms with Gasteiger partial charge in [-0.15, -0.1) is 0 Å². The van der Waals surface area contributed by atoms with Gasteiger partial charge in [0.2, 0.25) is 10.0 Å². The van der Waals surface area contributed by atoms with Crippen molar-refractivity contribution in [1.82, 2.24) is 4.89 Å². The molecule has 2 rings (SSSR count). The zero-order valence-corrected chi connectivity index (χ0v) is 12.3.